The largest absolute Gasteiger partial charge is 0.410 e. The van der Waals surface area contributed by atoms with Gasteiger partial charge in [0.15, 0.2) is 11.7 Å². The van der Waals surface area contributed by atoms with Crippen LogP contribution in [0.5, 0.6) is 0 Å². The Balaban J connectivity index is 1.71. The summed E-state index contributed by atoms with van der Waals surface area (Å²) in [6.45, 7) is 0. The molecule has 5 nitrogen and oxygen atoms in total. The molecule has 2 N–H and O–H groups in total. The van der Waals surface area contributed by atoms with Gasteiger partial charge in [-0.25, -0.2) is 4.68 Å². The molecule has 1 aliphatic heterocycles. The Kier molecular flexibility index (Phi) is 5.65. The van der Waals surface area contributed by atoms with E-state index in [2.05, 4.69) is 15.7 Å². The van der Waals surface area contributed by atoms with E-state index in [9.17, 15) is 18.0 Å². The zero-order chi connectivity index (χ0) is 21.6. The van der Waals surface area contributed by atoms with Gasteiger partial charge in [0.1, 0.15) is 10.8 Å². The lowest BCUT2D eigenvalue weighted by Gasteiger charge is -2.32. The normalized spacial score (nSPS) is 18.6. The Morgan fingerprint density at radius 1 is 1.20 bits per heavy atom. The molecule has 30 heavy (non-hydrogen) atoms. The van der Waals surface area contributed by atoms with Crippen molar-refractivity contribution in [2.75, 3.05) is 10.6 Å². The number of hydrogen-bond donors (Lipinski definition) is 2. The minimum absolute atomic E-state index is 0.0639. The molecule has 0 spiro atoms. The Morgan fingerprint density at radius 3 is 2.63 bits per heavy atom. The van der Waals surface area contributed by atoms with Crippen LogP contribution in [0.1, 0.15) is 33.9 Å². The molecule has 1 aliphatic rings. The van der Waals surface area contributed by atoms with Crippen molar-refractivity contribution in [2.45, 2.75) is 24.7 Å². The summed E-state index contributed by atoms with van der Waals surface area (Å²) in [6, 6.07) is 5.54. The lowest BCUT2D eigenvalue weighted by atomic mass is 10.0. The van der Waals surface area contributed by atoms with Crippen molar-refractivity contribution in [3.63, 3.8) is 0 Å². The molecule has 0 saturated carbocycles. The molecule has 4 rings (SSSR count). The van der Waals surface area contributed by atoms with E-state index in [1.165, 1.54) is 23.5 Å². The topological polar surface area (TPSA) is 59.0 Å². The van der Waals surface area contributed by atoms with Crippen molar-refractivity contribution in [1.82, 2.24) is 9.78 Å². The zero-order valence-electron chi connectivity index (χ0n) is 14.8. The van der Waals surface area contributed by atoms with Crippen LogP contribution in [0.2, 0.25) is 15.1 Å². The van der Waals surface area contributed by atoms with Crippen LogP contribution in [-0.4, -0.2) is 21.9 Å². The number of aromatic nitrogens is 2. The third-order valence-electron chi connectivity index (χ3n) is 4.60. The number of alkyl halides is 3. The van der Waals surface area contributed by atoms with Crippen LogP contribution in [0, 0.1) is 0 Å². The van der Waals surface area contributed by atoms with Crippen molar-refractivity contribution in [2.24, 2.45) is 0 Å². The number of amides is 1. The van der Waals surface area contributed by atoms with Gasteiger partial charge in [-0.2, -0.15) is 18.3 Å². The molecule has 0 aliphatic carbocycles. The Labute approximate surface area is 187 Å². The molecule has 2 atom stereocenters. The second-order valence-electron chi connectivity index (χ2n) is 6.52. The van der Waals surface area contributed by atoms with E-state index in [1.54, 1.807) is 23.6 Å². The first-order valence-electron chi connectivity index (χ1n) is 8.57. The number of benzene rings is 1. The molecule has 0 fully saturated rings. The van der Waals surface area contributed by atoms with E-state index in [4.69, 9.17) is 34.8 Å². The number of carbonyl (C=O) groups is 1. The van der Waals surface area contributed by atoms with Crippen molar-refractivity contribution in [3.05, 3.63) is 61.4 Å². The molecule has 12 heteroatoms. The number of hydrogen-bond acceptors (Lipinski definition) is 4. The van der Waals surface area contributed by atoms with Gasteiger partial charge in [0.2, 0.25) is 0 Å². The van der Waals surface area contributed by atoms with Gasteiger partial charge in [-0.3, -0.25) is 4.79 Å². The number of nitrogens with one attached hydrogen (secondary N) is 2. The number of thiophene rings is 1. The number of rotatable bonds is 3. The molecular weight excluding hydrogens is 484 g/mol. The number of carbonyl (C=O) groups excluding carboxylic acids is 1. The summed E-state index contributed by atoms with van der Waals surface area (Å²) in [4.78, 5) is 13.4. The fraction of sp³-hybridized carbons (Fsp3) is 0.222. The molecule has 1 aromatic carbocycles. The minimum Gasteiger partial charge on any atom is -0.361 e. The summed E-state index contributed by atoms with van der Waals surface area (Å²) in [5.74, 6) is -0.868. The van der Waals surface area contributed by atoms with Crippen LogP contribution in [0.25, 0.3) is 0 Å². The van der Waals surface area contributed by atoms with E-state index in [1.807, 2.05) is 0 Å². The highest BCUT2D eigenvalue weighted by molar-refractivity contribution is 7.10. The maximum atomic E-state index is 13.8. The third kappa shape index (κ3) is 3.87. The molecule has 158 valence electrons. The van der Waals surface area contributed by atoms with Gasteiger partial charge >= 0.3 is 6.18 Å². The Morgan fingerprint density at radius 2 is 1.97 bits per heavy atom. The van der Waals surface area contributed by atoms with Crippen molar-refractivity contribution >= 4 is 63.6 Å². The molecule has 0 radical (unpaired) electrons. The van der Waals surface area contributed by atoms with Crippen molar-refractivity contribution in [1.29, 1.82) is 0 Å². The monoisotopic (exact) mass is 494 g/mol. The van der Waals surface area contributed by atoms with Crippen LogP contribution < -0.4 is 10.6 Å². The van der Waals surface area contributed by atoms with E-state index >= 15 is 0 Å². The molecule has 3 aromatic rings. The summed E-state index contributed by atoms with van der Waals surface area (Å²) in [5.41, 5.74) is -0.163. The summed E-state index contributed by atoms with van der Waals surface area (Å²) in [7, 11) is 0. The third-order valence-corrected chi connectivity index (χ3v) is 6.76. The van der Waals surface area contributed by atoms with Gasteiger partial charge in [-0.1, -0.05) is 46.9 Å². The Bertz CT molecular complexity index is 1100. The first-order valence-corrected chi connectivity index (χ1v) is 10.6. The van der Waals surface area contributed by atoms with E-state index in [0.717, 1.165) is 9.56 Å². The average Bonchev–Trinajstić information content (AvgIpc) is 3.32. The molecule has 0 unspecified atom stereocenters. The van der Waals surface area contributed by atoms with E-state index < -0.39 is 24.2 Å². The SMILES string of the molecule is O=C(Nc1cccc(Cl)c1Cl)c1nn2c(c1Cl)N[C@H](c1cccs1)C[C@H]2C(F)(F)F. The number of nitrogens with zero attached hydrogens (tertiary/aromatic N) is 2. The van der Waals surface area contributed by atoms with Gasteiger partial charge in [0.25, 0.3) is 5.91 Å². The van der Waals surface area contributed by atoms with Crippen molar-refractivity contribution < 1.29 is 18.0 Å². The first kappa shape index (κ1) is 21.3. The molecule has 0 saturated heterocycles. The second-order valence-corrected chi connectivity index (χ2v) is 8.66. The molecular formula is C18H12Cl3F3N4OS. The van der Waals surface area contributed by atoms with E-state index in [-0.39, 0.29) is 38.7 Å². The first-order chi connectivity index (χ1) is 14.2. The van der Waals surface area contributed by atoms with Crippen molar-refractivity contribution in [3.8, 4) is 0 Å². The average molecular weight is 496 g/mol. The number of fused-ring (bicyclic) bond motifs is 1. The van der Waals surface area contributed by atoms with Crippen LogP contribution in [-0.2, 0) is 0 Å². The predicted octanol–water partition coefficient (Wildman–Crippen LogP) is 6.82. The molecule has 3 heterocycles. The fourth-order valence-corrected chi connectivity index (χ4v) is 4.60. The van der Waals surface area contributed by atoms with Gasteiger partial charge in [0.05, 0.1) is 21.8 Å². The second kappa shape index (κ2) is 7.96. The van der Waals surface area contributed by atoms with Crippen LogP contribution in [0.3, 0.4) is 0 Å². The highest BCUT2D eigenvalue weighted by Crippen LogP contribution is 2.47. The lowest BCUT2D eigenvalue weighted by molar-refractivity contribution is -0.173. The Hall–Kier alpha value is -1.94. The zero-order valence-corrected chi connectivity index (χ0v) is 17.9. The van der Waals surface area contributed by atoms with Gasteiger partial charge in [-0.05, 0) is 23.6 Å². The minimum atomic E-state index is -4.58. The smallest absolute Gasteiger partial charge is 0.361 e. The molecule has 0 bridgehead atoms. The quantitative estimate of drug-likeness (QED) is 0.419. The highest BCUT2D eigenvalue weighted by atomic mass is 35.5. The number of halogens is 6. The number of anilines is 2. The van der Waals surface area contributed by atoms with Gasteiger partial charge in [-0.15, -0.1) is 11.3 Å². The van der Waals surface area contributed by atoms with Crippen LogP contribution in [0.15, 0.2) is 35.7 Å². The van der Waals surface area contributed by atoms with Gasteiger partial charge in [0, 0.05) is 11.3 Å². The standard InChI is InChI=1S/C18H12Cl3F3N4OS/c19-8-3-1-4-9(13(8)20)26-17(29)15-14(21)16-25-10(11-5-2-6-30-11)7-12(18(22,23)24)28(16)27-15/h1-6,10,12,25H,7H2,(H,26,29)/t10-,12-/m0/s1. The summed E-state index contributed by atoms with van der Waals surface area (Å²) >= 11 is 19.6. The highest BCUT2D eigenvalue weighted by Gasteiger charge is 2.48. The summed E-state index contributed by atoms with van der Waals surface area (Å²) < 4.78 is 42.0. The lowest BCUT2D eigenvalue weighted by Crippen LogP contribution is -2.35. The molecule has 2 aromatic heterocycles. The van der Waals surface area contributed by atoms with Gasteiger partial charge < -0.3 is 10.6 Å². The summed E-state index contributed by atoms with van der Waals surface area (Å²) in [5, 5.41) is 11.2. The molecule has 1 amide bonds. The van der Waals surface area contributed by atoms with Crippen LogP contribution >= 0.6 is 46.1 Å². The van der Waals surface area contributed by atoms with Crippen LogP contribution in [0.4, 0.5) is 24.7 Å². The maximum Gasteiger partial charge on any atom is 0.410 e. The maximum absolute atomic E-state index is 13.8. The fourth-order valence-electron chi connectivity index (χ4n) is 3.19. The van der Waals surface area contributed by atoms with E-state index in [0.29, 0.717) is 0 Å². The predicted molar refractivity (Wildman–Crippen MR) is 112 cm³/mol. The summed E-state index contributed by atoms with van der Waals surface area (Å²) in [6.07, 6.45) is -4.86.